The van der Waals surface area contributed by atoms with Gasteiger partial charge in [0.1, 0.15) is 5.82 Å². The maximum absolute atomic E-state index is 12.9. The van der Waals surface area contributed by atoms with Gasteiger partial charge in [0, 0.05) is 67.5 Å². The van der Waals surface area contributed by atoms with E-state index in [1.165, 1.54) is 12.1 Å². The Balaban J connectivity index is 0.00000256. The van der Waals surface area contributed by atoms with Gasteiger partial charge >= 0.3 is 0 Å². The van der Waals surface area contributed by atoms with Gasteiger partial charge in [-0.1, -0.05) is 0 Å². The van der Waals surface area contributed by atoms with Gasteiger partial charge in [0.05, 0.1) is 4.92 Å². The Morgan fingerprint density at radius 2 is 1.50 bits per heavy atom. The molecule has 0 aromatic heterocycles. The molecule has 1 saturated heterocycles. The van der Waals surface area contributed by atoms with Crippen LogP contribution in [0.4, 0.5) is 10.1 Å². The van der Waals surface area contributed by atoms with E-state index in [2.05, 4.69) is 9.80 Å². The number of nitro groups is 1. The van der Waals surface area contributed by atoms with Crippen molar-refractivity contribution < 1.29 is 14.1 Å². The molecule has 0 N–H and O–H groups in total. The first kappa shape index (κ1) is 28.3. The summed E-state index contributed by atoms with van der Waals surface area (Å²) in [6.07, 6.45) is 1.30. The van der Waals surface area contributed by atoms with Crippen molar-refractivity contribution in [2.24, 2.45) is 0 Å². The number of carbonyl (C=O) groups excluding carboxylic acids is 1. The van der Waals surface area contributed by atoms with E-state index in [1.54, 1.807) is 48.2 Å². The van der Waals surface area contributed by atoms with Crippen molar-refractivity contribution in [3.8, 4) is 0 Å². The molecular weight excluding hydrogens is 476 g/mol. The Morgan fingerprint density at radius 1 is 0.938 bits per heavy atom. The van der Waals surface area contributed by atoms with Crippen LogP contribution >= 0.6 is 36.6 Å². The van der Waals surface area contributed by atoms with Crippen LogP contribution in [0.2, 0.25) is 0 Å². The molecule has 0 bridgehead atoms. The van der Waals surface area contributed by atoms with E-state index in [9.17, 15) is 19.3 Å². The third-order valence-corrected chi connectivity index (χ3v) is 6.23. The number of ketones is 1. The maximum atomic E-state index is 12.9. The summed E-state index contributed by atoms with van der Waals surface area (Å²) in [5.74, 6) is 0.691. The minimum absolute atomic E-state index is 0. The molecule has 176 valence electrons. The van der Waals surface area contributed by atoms with Crippen LogP contribution in [0.25, 0.3) is 0 Å². The second-order valence-electron chi connectivity index (χ2n) is 7.32. The summed E-state index contributed by atoms with van der Waals surface area (Å²) in [7, 11) is 0. The molecule has 1 aliphatic heterocycles. The van der Waals surface area contributed by atoms with Crippen LogP contribution in [-0.4, -0.2) is 65.5 Å². The Kier molecular flexibility index (Phi) is 12.8. The second kappa shape index (κ2) is 14.4. The zero-order valence-corrected chi connectivity index (χ0v) is 20.1. The fraction of sp³-hybridized carbons (Fsp3) is 0.409. The first-order chi connectivity index (χ1) is 14.5. The quantitative estimate of drug-likeness (QED) is 0.198. The van der Waals surface area contributed by atoms with Crippen LogP contribution in [0, 0.1) is 15.9 Å². The molecule has 6 nitrogen and oxygen atoms in total. The van der Waals surface area contributed by atoms with E-state index >= 15 is 0 Å². The molecule has 10 heteroatoms. The Bertz CT molecular complexity index is 849. The molecule has 0 radical (unpaired) electrons. The molecule has 1 fully saturated rings. The molecule has 0 amide bonds. The zero-order chi connectivity index (χ0) is 21.3. The van der Waals surface area contributed by atoms with Gasteiger partial charge < -0.3 is 4.90 Å². The molecule has 2 aromatic carbocycles. The summed E-state index contributed by atoms with van der Waals surface area (Å²) in [6, 6.07) is 12.4. The minimum atomic E-state index is -0.382. The highest BCUT2D eigenvalue weighted by molar-refractivity contribution is 7.99. The van der Waals surface area contributed by atoms with Gasteiger partial charge in [-0.2, -0.15) is 0 Å². The number of thioether (sulfide) groups is 1. The number of nitrogens with zero attached hydrogens (tertiary/aromatic N) is 3. The molecule has 0 aliphatic carbocycles. The Hall–Kier alpha value is -1.71. The van der Waals surface area contributed by atoms with Gasteiger partial charge in [-0.3, -0.25) is 19.8 Å². The van der Waals surface area contributed by atoms with Crippen LogP contribution in [0.1, 0.15) is 23.2 Å². The number of Topliss-reactive ketones (excluding diaryl/α,β-unsaturated/α-hetero) is 1. The number of halogens is 3. The topological polar surface area (TPSA) is 66.7 Å². The smallest absolute Gasteiger partial charge is 0.269 e. The molecule has 3 rings (SSSR count). The normalized spacial score (nSPS) is 14.3. The van der Waals surface area contributed by atoms with E-state index in [0.717, 1.165) is 56.3 Å². The minimum Gasteiger partial charge on any atom is -0.301 e. The standard InChI is InChI=1S/C22H26FN3O3S.2ClH/c23-19-5-3-18(4-6-19)22(27)2-1-11-24-12-14-25(15-13-24)16-17-30-21-9-7-20(8-10-21)26(28)29;;/h3-10H,1-2,11-17H2;2*1H. The number of nitro benzene ring substituents is 1. The lowest BCUT2D eigenvalue weighted by atomic mass is 10.1. The Morgan fingerprint density at radius 3 is 2.06 bits per heavy atom. The summed E-state index contributed by atoms with van der Waals surface area (Å²) in [6.45, 7) is 5.89. The highest BCUT2D eigenvalue weighted by atomic mass is 35.5. The SMILES string of the molecule is Cl.Cl.O=C(CCCN1CCN(CCSc2ccc([N+](=O)[O-])cc2)CC1)c1ccc(F)cc1. The van der Waals surface area contributed by atoms with Crippen LogP contribution in [-0.2, 0) is 0 Å². The van der Waals surface area contributed by atoms with Crippen LogP contribution < -0.4 is 0 Å². The second-order valence-corrected chi connectivity index (χ2v) is 8.48. The summed E-state index contributed by atoms with van der Waals surface area (Å²) < 4.78 is 12.9. The summed E-state index contributed by atoms with van der Waals surface area (Å²) in [4.78, 5) is 28.3. The highest BCUT2D eigenvalue weighted by Crippen LogP contribution is 2.21. The highest BCUT2D eigenvalue weighted by Gasteiger charge is 2.17. The first-order valence-electron chi connectivity index (χ1n) is 10.1. The molecular formula is C22H28Cl2FN3O3S. The monoisotopic (exact) mass is 503 g/mol. The van der Waals surface area contributed by atoms with Gasteiger partial charge in [-0.05, 0) is 49.4 Å². The average Bonchev–Trinajstić information content (AvgIpc) is 2.75. The lowest BCUT2D eigenvalue weighted by Crippen LogP contribution is -2.47. The summed E-state index contributed by atoms with van der Waals surface area (Å²) >= 11 is 1.71. The lowest BCUT2D eigenvalue weighted by Gasteiger charge is -2.34. The molecule has 1 aliphatic rings. The summed E-state index contributed by atoms with van der Waals surface area (Å²) in [5.41, 5.74) is 0.696. The summed E-state index contributed by atoms with van der Waals surface area (Å²) in [5, 5.41) is 10.7. The number of carbonyl (C=O) groups is 1. The number of hydrogen-bond acceptors (Lipinski definition) is 6. The fourth-order valence-electron chi connectivity index (χ4n) is 3.44. The maximum Gasteiger partial charge on any atom is 0.269 e. The molecule has 0 saturated carbocycles. The van der Waals surface area contributed by atoms with Crippen LogP contribution in [0.3, 0.4) is 0 Å². The number of benzene rings is 2. The Labute approximate surface area is 204 Å². The third-order valence-electron chi connectivity index (χ3n) is 5.23. The number of rotatable bonds is 10. The van der Waals surface area contributed by atoms with Gasteiger partial charge in [0.15, 0.2) is 5.78 Å². The molecule has 1 heterocycles. The average molecular weight is 504 g/mol. The molecule has 0 atom stereocenters. The lowest BCUT2D eigenvalue weighted by molar-refractivity contribution is -0.384. The first-order valence-corrected chi connectivity index (χ1v) is 11.1. The predicted octanol–water partition coefficient (Wildman–Crippen LogP) is 4.95. The van der Waals surface area contributed by atoms with E-state index < -0.39 is 0 Å². The van der Waals surface area contributed by atoms with Crippen molar-refractivity contribution >= 4 is 48.0 Å². The van der Waals surface area contributed by atoms with Crippen LogP contribution in [0.5, 0.6) is 0 Å². The molecule has 32 heavy (non-hydrogen) atoms. The van der Waals surface area contributed by atoms with Gasteiger partial charge in [-0.15, -0.1) is 36.6 Å². The van der Waals surface area contributed by atoms with Crippen LogP contribution in [0.15, 0.2) is 53.4 Å². The molecule has 2 aromatic rings. The van der Waals surface area contributed by atoms with E-state index in [0.29, 0.717) is 12.0 Å². The van der Waals surface area contributed by atoms with Crippen molar-refractivity contribution in [1.82, 2.24) is 9.80 Å². The van der Waals surface area contributed by atoms with Crippen molar-refractivity contribution in [3.05, 3.63) is 70.0 Å². The largest absolute Gasteiger partial charge is 0.301 e. The predicted molar refractivity (Wildman–Crippen MR) is 131 cm³/mol. The number of hydrogen-bond donors (Lipinski definition) is 0. The third kappa shape index (κ3) is 9.03. The van der Waals surface area contributed by atoms with Crippen molar-refractivity contribution in [1.29, 1.82) is 0 Å². The molecule has 0 spiro atoms. The van der Waals surface area contributed by atoms with Crippen molar-refractivity contribution in [2.45, 2.75) is 17.7 Å². The number of non-ortho nitro benzene ring substituents is 1. The van der Waals surface area contributed by atoms with Crippen molar-refractivity contribution in [2.75, 3.05) is 45.0 Å². The van der Waals surface area contributed by atoms with Crippen molar-refractivity contribution in [3.63, 3.8) is 0 Å². The van der Waals surface area contributed by atoms with E-state index in [-0.39, 0.29) is 47.0 Å². The van der Waals surface area contributed by atoms with Gasteiger partial charge in [0.25, 0.3) is 5.69 Å². The van der Waals surface area contributed by atoms with E-state index in [1.807, 2.05) is 0 Å². The zero-order valence-electron chi connectivity index (χ0n) is 17.7. The van der Waals surface area contributed by atoms with E-state index in [4.69, 9.17) is 0 Å². The number of piperazine rings is 1. The fourth-order valence-corrected chi connectivity index (χ4v) is 4.35. The van der Waals surface area contributed by atoms with Gasteiger partial charge in [0.2, 0.25) is 0 Å². The molecule has 0 unspecified atom stereocenters. The van der Waals surface area contributed by atoms with Gasteiger partial charge in [-0.25, -0.2) is 4.39 Å².